The Kier molecular flexibility index (Phi) is 6.17. The fourth-order valence-corrected chi connectivity index (χ4v) is 2.42. The number of carbonyl (C=O) groups excluding carboxylic acids is 1. The molecule has 0 saturated heterocycles. The Morgan fingerprint density at radius 1 is 1.43 bits per heavy atom. The van der Waals surface area contributed by atoms with Crippen molar-refractivity contribution in [2.24, 2.45) is 0 Å². The molecule has 2 N–H and O–H groups in total. The van der Waals surface area contributed by atoms with Crippen molar-refractivity contribution in [3.63, 3.8) is 0 Å². The number of nitrogens with zero attached hydrogens (tertiary/aromatic N) is 4. The van der Waals surface area contributed by atoms with Crippen molar-refractivity contribution in [3.05, 3.63) is 6.20 Å². The van der Waals surface area contributed by atoms with E-state index in [-0.39, 0.29) is 18.6 Å². The van der Waals surface area contributed by atoms with Crippen LogP contribution in [0.15, 0.2) is 11.4 Å². The molecule has 8 nitrogen and oxygen atoms in total. The van der Waals surface area contributed by atoms with Gasteiger partial charge in [-0.1, -0.05) is 11.8 Å². The Bertz CT molecular complexity index is 673. The lowest BCUT2D eigenvalue weighted by Gasteiger charge is -2.11. The third-order valence-corrected chi connectivity index (χ3v) is 3.55. The van der Waals surface area contributed by atoms with Gasteiger partial charge in [0.05, 0.1) is 18.1 Å². The summed E-state index contributed by atoms with van der Waals surface area (Å²) in [4.78, 5) is 20.4. The van der Waals surface area contributed by atoms with Gasteiger partial charge < -0.3 is 15.4 Å². The van der Waals surface area contributed by atoms with Crippen LogP contribution in [-0.2, 0) is 16.1 Å². The van der Waals surface area contributed by atoms with E-state index in [0.29, 0.717) is 18.2 Å². The molecule has 1 amide bonds. The van der Waals surface area contributed by atoms with E-state index in [1.165, 1.54) is 18.9 Å². The zero-order valence-electron chi connectivity index (χ0n) is 13.8. The fraction of sp³-hybridized carbons (Fsp3) is 0.571. The van der Waals surface area contributed by atoms with Gasteiger partial charge in [-0.2, -0.15) is 5.10 Å². The second-order valence-corrected chi connectivity index (χ2v) is 6.02. The van der Waals surface area contributed by atoms with Gasteiger partial charge in [0.2, 0.25) is 5.91 Å². The molecule has 0 atom stereocenters. The molecule has 2 aromatic heterocycles. The zero-order valence-corrected chi connectivity index (χ0v) is 14.6. The molecular weight excluding hydrogens is 316 g/mol. The average Bonchev–Trinajstić information content (AvgIpc) is 2.90. The molecule has 0 aromatic carbocycles. The molecule has 0 aliphatic carbocycles. The Hall–Kier alpha value is -1.87. The lowest BCUT2D eigenvalue weighted by atomic mass is 10.3. The van der Waals surface area contributed by atoms with Crippen molar-refractivity contribution >= 4 is 34.5 Å². The minimum atomic E-state index is -0.148. The standard InChI is InChI=1S/C14H22N6O2S/c1-9(2)17-12-10-7-16-20(6-5-15-11(21)8-22-3)13(10)19-14(18-12)23-4/h7,9H,5-6,8H2,1-4H3,(H,15,21)(H,17,18,19). The van der Waals surface area contributed by atoms with Crippen LogP contribution >= 0.6 is 11.8 Å². The third-order valence-electron chi connectivity index (χ3n) is 3.00. The summed E-state index contributed by atoms with van der Waals surface area (Å²) in [5.41, 5.74) is 0.758. The number of anilines is 1. The second-order valence-electron chi connectivity index (χ2n) is 5.25. The number of aromatic nitrogens is 4. The van der Waals surface area contributed by atoms with Gasteiger partial charge in [-0.25, -0.2) is 14.6 Å². The predicted molar refractivity (Wildman–Crippen MR) is 90.7 cm³/mol. The van der Waals surface area contributed by atoms with Crippen molar-refractivity contribution in [2.45, 2.75) is 31.6 Å². The second kappa shape index (κ2) is 8.11. The Morgan fingerprint density at radius 3 is 2.87 bits per heavy atom. The number of hydrogen-bond donors (Lipinski definition) is 2. The highest BCUT2D eigenvalue weighted by Gasteiger charge is 2.13. The highest BCUT2D eigenvalue weighted by atomic mass is 32.2. The minimum absolute atomic E-state index is 0.0567. The van der Waals surface area contributed by atoms with E-state index in [4.69, 9.17) is 4.74 Å². The molecule has 0 bridgehead atoms. The summed E-state index contributed by atoms with van der Waals surface area (Å²) < 4.78 is 6.55. The molecule has 0 spiro atoms. The maximum absolute atomic E-state index is 11.4. The smallest absolute Gasteiger partial charge is 0.246 e. The Morgan fingerprint density at radius 2 is 2.22 bits per heavy atom. The summed E-state index contributed by atoms with van der Waals surface area (Å²) in [6.07, 6.45) is 3.69. The lowest BCUT2D eigenvalue weighted by Crippen LogP contribution is -2.30. The topological polar surface area (TPSA) is 94.0 Å². The number of methoxy groups -OCH3 is 1. The predicted octanol–water partition coefficient (Wildman–Crippen LogP) is 1.13. The summed E-state index contributed by atoms with van der Waals surface area (Å²) in [6, 6.07) is 0.263. The van der Waals surface area contributed by atoms with Gasteiger partial charge in [0, 0.05) is 19.7 Å². The van der Waals surface area contributed by atoms with Crippen LogP contribution in [-0.4, -0.2) is 58.2 Å². The number of carbonyl (C=O) groups is 1. The van der Waals surface area contributed by atoms with Gasteiger partial charge in [-0.15, -0.1) is 0 Å². The molecule has 2 rings (SSSR count). The zero-order chi connectivity index (χ0) is 16.8. The number of hydrogen-bond acceptors (Lipinski definition) is 7. The Labute approximate surface area is 139 Å². The van der Waals surface area contributed by atoms with Crippen LogP contribution in [0, 0.1) is 0 Å². The van der Waals surface area contributed by atoms with Crippen LogP contribution in [0.3, 0.4) is 0 Å². The summed E-state index contributed by atoms with van der Waals surface area (Å²) in [6.45, 7) is 5.17. The number of thioether (sulfide) groups is 1. The maximum atomic E-state index is 11.4. The molecule has 0 fully saturated rings. The molecule has 0 saturated carbocycles. The van der Waals surface area contributed by atoms with E-state index < -0.39 is 0 Å². The molecule has 126 valence electrons. The van der Waals surface area contributed by atoms with Crippen molar-refractivity contribution < 1.29 is 9.53 Å². The summed E-state index contributed by atoms with van der Waals surface area (Å²) >= 11 is 1.48. The quantitative estimate of drug-likeness (QED) is 0.550. The van der Waals surface area contributed by atoms with Crippen LogP contribution in [0.1, 0.15) is 13.8 Å². The van der Waals surface area contributed by atoms with Crippen LogP contribution in [0.2, 0.25) is 0 Å². The van der Waals surface area contributed by atoms with Gasteiger partial charge in [0.25, 0.3) is 0 Å². The van der Waals surface area contributed by atoms with Crippen molar-refractivity contribution in [1.29, 1.82) is 0 Å². The molecule has 0 aliphatic rings. The maximum Gasteiger partial charge on any atom is 0.246 e. The number of fused-ring (bicyclic) bond motifs is 1. The first-order chi connectivity index (χ1) is 11.0. The molecule has 0 unspecified atom stereocenters. The van der Waals surface area contributed by atoms with Crippen LogP contribution in [0.5, 0.6) is 0 Å². The van der Waals surface area contributed by atoms with Gasteiger partial charge in [0.1, 0.15) is 12.4 Å². The first-order valence-electron chi connectivity index (χ1n) is 7.35. The molecule has 9 heteroatoms. The molecule has 0 aliphatic heterocycles. The van der Waals surface area contributed by atoms with Crippen LogP contribution < -0.4 is 10.6 Å². The molecule has 2 heterocycles. The van der Waals surface area contributed by atoms with E-state index in [9.17, 15) is 4.79 Å². The minimum Gasteiger partial charge on any atom is -0.375 e. The average molecular weight is 338 g/mol. The Balaban J connectivity index is 2.19. The summed E-state index contributed by atoms with van der Waals surface area (Å²) in [5, 5.41) is 12.0. The number of ether oxygens (including phenoxy) is 1. The van der Waals surface area contributed by atoms with E-state index in [2.05, 4.69) is 39.5 Å². The lowest BCUT2D eigenvalue weighted by molar-refractivity contribution is -0.124. The van der Waals surface area contributed by atoms with Gasteiger partial charge >= 0.3 is 0 Å². The normalized spacial score (nSPS) is 11.2. The first-order valence-corrected chi connectivity index (χ1v) is 8.57. The molecule has 0 radical (unpaired) electrons. The van der Waals surface area contributed by atoms with Crippen molar-refractivity contribution in [3.8, 4) is 0 Å². The number of rotatable bonds is 8. The number of amides is 1. The highest BCUT2D eigenvalue weighted by Crippen LogP contribution is 2.23. The van der Waals surface area contributed by atoms with Crippen LogP contribution in [0.4, 0.5) is 5.82 Å². The van der Waals surface area contributed by atoms with Crippen molar-refractivity contribution in [1.82, 2.24) is 25.1 Å². The summed E-state index contributed by atoms with van der Waals surface area (Å²) in [5.74, 6) is 0.634. The highest BCUT2D eigenvalue weighted by molar-refractivity contribution is 7.98. The first kappa shape index (κ1) is 17.5. The van der Waals surface area contributed by atoms with Gasteiger partial charge in [-0.3, -0.25) is 4.79 Å². The fourth-order valence-electron chi connectivity index (χ4n) is 2.06. The van der Waals surface area contributed by atoms with E-state index in [0.717, 1.165) is 16.9 Å². The van der Waals surface area contributed by atoms with Crippen molar-refractivity contribution in [2.75, 3.05) is 31.8 Å². The summed E-state index contributed by atoms with van der Waals surface area (Å²) in [7, 11) is 1.49. The SMILES string of the molecule is COCC(=O)NCCn1ncc2c(NC(C)C)nc(SC)nc21. The monoisotopic (exact) mass is 338 g/mol. The molecule has 2 aromatic rings. The van der Waals surface area contributed by atoms with Gasteiger partial charge in [-0.05, 0) is 20.1 Å². The molecular formula is C14H22N6O2S. The molecule has 23 heavy (non-hydrogen) atoms. The van der Waals surface area contributed by atoms with E-state index in [1.54, 1.807) is 10.9 Å². The third kappa shape index (κ3) is 4.55. The van der Waals surface area contributed by atoms with Gasteiger partial charge in [0.15, 0.2) is 10.8 Å². The van der Waals surface area contributed by atoms with E-state index in [1.807, 2.05) is 6.26 Å². The largest absolute Gasteiger partial charge is 0.375 e. The van der Waals surface area contributed by atoms with E-state index >= 15 is 0 Å². The van der Waals surface area contributed by atoms with Crippen LogP contribution in [0.25, 0.3) is 11.0 Å². The number of nitrogens with one attached hydrogen (secondary N) is 2.